The lowest BCUT2D eigenvalue weighted by molar-refractivity contribution is -0.130. The standard InChI is InChI=1S/C17H22ClN3O/c1-13(2)10-21(14(3)22)12-17-19-7-8-20(17)11-15-5-4-6-16(18)9-15/h4-9,13H,10-12H2,1-3H3. The van der Waals surface area contributed by atoms with Crippen LogP contribution in [0.3, 0.4) is 0 Å². The fraction of sp³-hybridized carbons (Fsp3) is 0.412. The van der Waals surface area contributed by atoms with Gasteiger partial charge < -0.3 is 9.47 Å². The minimum Gasteiger partial charge on any atom is -0.335 e. The van der Waals surface area contributed by atoms with Gasteiger partial charge in [0.25, 0.3) is 0 Å². The van der Waals surface area contributed by atoms with Crippen LogP contribution in [0, 0.1) is 5.92 Å². The summed E-state index contributed by atoms with van der Waals surface area (Å²) in [6.45, 7) is 7.78. The molecule has 0 atom stereocenters. The van der Waals surface area contributed by atoms with Gasteiger partial charge in [0.1, 0.15) is 5.82 Å². The molecular weight excluding hydrogens is 298 g/mol. The molecule has 1 aromatic heterocycles. The van der Waals surface area contributed by atoms with E-state index >= 15 is 0 Å². The normalized spacial score (nSPS) is 11.0. The van der Waals surface area contributed by atoms with Crippen molar-refractivity contribution in [2.24, 2.45) is 5.92 Å². The van der Waals surface area contributed by atoms with Crippen molar-refractivity contribution in [3.05, 3.63) is 53.1 Å². The maximum atomic E-state index is 11.8. The Hall–Kier alpha value is -1.81. The van der Waals surface area contributed by atoms with Crippen LogP contribution >= 0.6 is 11.6 Å². The third kappa shape index (κ3) is 4.60. The second-order valence-electron chi connectivity index (χ2n) is 5.89. The molecule has 0 aliphatic heterocycles. The Labute approximate surface area is 136 Å². The van der Waals surface area contributed by atoms with Crippen LogP contribution < -0.4 is 0 Å². The maximum absolute atomic E-state index is 11.8. The highest BCUT2D eigenvalue weighted by atomic mass is 35.5. The van der Waals surface area contributed by atoms with E-state index in [4.69, 9.17) is 11.6 Å². The minimum atomic E-state index is 0.0750. The average molecular weight is 320 g/mol. The smallest absolute Gasteiger partial charge is 0.219 e. The van der Waals surface area contributed by atoms with Gasteiger partial charge in [-0.15, -0.1) is 0 Å². The number of halogens is 1. The van der Waals surface area contributed by atoms with E-state index in [-0.39, 0.29) is 5.91 Å². The number of carbonyl (C=O) groups excluding carboxylic acids is 1. The summed E-state index contributed by atoms with van der Waals surface area (Å²) in [7, 11) is 0. The highest BCUT2D eigenvalue weighted by molar-refractivity contribution is 6.30. The Bertz CT molecular complexity index is 636. The third-order valence-electron chi connectivity index (χ3n) is 3.41. The Kier molecular flexibility index (Phi) is 5.61. The molecule has 1 aromatic carbocycles. The zero-order chi connectivity index (χ0) is 16.1. The van der Waals surface area contributed by atoms with Crippen molar-refractivity contribution in [1.29, 1.82) is 0 Å². The molecule has 0 fully saturated rings. The topological polar surface area (TPSA) is 38.1 Å². The van der Waals surface area contributed by atoms with E-state index < -0.39 is 0 Å². The third-order valence-corrected chi connectivity index (χ3v) is 3.64. The first-order valence-corrected chi connectivity index (χ1v) is 7.83. The molecule has 0 saturated carbocycles. The van der Waals surface area contributed by atoms with Gasteiger partial charge in [-0.3, -0.25) is 4.79 Å². The van der Waals surface area contributed by atoms with E-state index in [2.05, 4.69) is 23.4 Å². The molecule has 4 nitrogen and oxygen atoms in total. The van der Waals surface area contributed by atoms with Gasteiger partial charge in [-0.2, -0.15) is 0 Å². The van der Waals surface area contributed by atoms with Crippen molar-refractivity contribution >= 4 is 17.5 Å². The Morgan fingerprint density at radius 2 is 2.18 bits per heavy atom. The Balaban J connectivity index is 2.13. The lowest BCUT2D eigenvalue weighted by Gasteiger charge is -2.23. The van der Waals surface area contributed by atoms with Crippen LogP contribution in [0.5, 0.6) is 0 Å². The van der Waals surface area contributed by atoms with Gasteiger partial charge in [0.2, 0.25) is 5.91 Å². The van der Waals surface area contributed by atoms with Crippen LogP contribution in [0.4, 0.5) is 0 Å². The Morgan fingerprint density at radius 3 is 2.82 bits per heavy atom. The predicted octanol–water partition coefficient (Wildman–Crippen LogP) is 3.59. The summed E-state index contributed by atoms with van der Waals surface area (Å²) >= 11 is 6.03. The van der Waals surface area contributed by atoms with Crippen LogP contribution in [0.15, 0.2) is 36.7 Å². The van der Waals surface area contributed by atoms with Crippen molar-refractivity contribution in [1.82, 2.24) is 14.5 Å². The van der Waals surface area contributed by atoms with Crippen LogP contribution in [-0.2, 0) is 17.9 Å². The summed E-state index contributed by atoms with van der Waals surface area (Å²) in [5.74, 6) is 1.39. The largest absolute Gasteiger partial charge is 0.335 e. The second kappa shape index (κ2) is 7.45. The van der Waals surface area contributed by atoms with E-state index in [9.17, 15) is 4.79 Å². The molecule has 0 aliphatic carbocycles. The Morgan fingerprint density at radius 1 is 1.41 bits per heavy atom. The number of imidazole rings is 1. The van der Waals surface area contributed by atoms with E-state index in [1.807, 2.05) is 35.4 Å². The maximum Gasteiger partial charge on any atom is 0.219 e. The van der Waals surface area contributed by atoms with Gasteiger partial charge in [0.15, 0.2) is 0 Å². The second-order valence-corrected chi connectivity index (χ2v) is 6.33. The fourth-order valence-corrected chi connectivity index (χ4v) is 2.60. The molecule has 5 heteroatoms. The van der Waals surface area contributed by atoms with Crippen molar-refractivity contribution in [2.45, 2.75) is 33.9 Å². The molecule has 22 heavy (non-hydrogen) atoms. The zero-order valence-electron chi connectivity index (χ0n) is 13.3. The van der Waals surface area contributed by atoms with Gasteiger partial charge in [-0.1, -0.05) is 37.6 Å². The van der Waals surface area contributed by atoms with Crippen molar-refractivity contribution in [3.8, 4) is 0 Å². The molecule has 2 rings (SSSR count). The molecule has 0 radical (unpaired) electrons. The van der Waals surface area contributed by atoms with Crippen LogP contribution in [0.2, 0.25) is 5.02 Å². The fourth-order valence-electron chi connectivity index (χ4n) is 2.38. The molecule has 0 unspecified atom stereocenters. The van der Waals surface area contributed by atoms with E-state index in [0.29, 0.717) is 19.0 Å². The first-order chi connectivity index (χ1) is 10.5. The molecule has 1 heterocycles. The molecule has 2 aromatic rings. The summed E-state index contributed by atoms with van der Waals surface area (Å²) in [5.41, 5.74) is 1.12. The van der Waals surface area contributed by atoms with E-state index in [1.165, 1.54) is 0 Å². The highest BCUT2D eigenvalue weighted by Gasteiger charge is 2.14. The molecule has 0 aliphatic rings. The number of rotatable bonds is 6. The summed E-state index contributed by atoms with van der Waals surface area (Å²) in [4.78, 5) is 18.0. The summed E-state index contributed by atoms with van der Waals surface area (Å²) in [6.07, 6.45) is 3.71. The first-order valence-electron chi connectivity index (χ1n) is 7.45. The molecular formula is C17H22ClN3O. The lowest BCUT2D eigenvalue weighted by atomic mass is 10.2. The number of hydrogen-bond donors (Lipinski definition) is 0. The minimum absolute atomic E-state index is 0.0750. The number of benzene rings is 1. The lowest BCUT2D eigenvalue weighted by Crippen LogP contribution is -2.32. The predicted molar refractivity (Wildman–Crippen MR) is 88.7 cm³/mol. The van der Waals surface area contributed by atoms with Crippen LogP contribution in [0.1, 0.15) is 32.2 Å². The van der Waals surface area contributed by atoms with Crippen molar-refractivity contribution in [3.63, 3.8) is 0 Å². The van der Waals surface area contributed by atoms with E-state index in [0.717, 1.165) is 23.0 Å². The zero-order valence-corrected chi connectivity index (χ0v) is 14.0. The molecule has 0 bridgehead atoms. The van der Waals surface area contributed by atoms with E-state index in [1.54, 1.807) is 13.1 Å². The molecule has 1 amide bonds. The monoisotopic (exact) mass is 319 g/mol. The van der Waals surface area contributed by atoms with Gasteiger partial charge in [-0.05, 0) is 23.6 Å². The summed E-state index contributed by atoms with van der Waals surface area (Å²) < 4.78 is 2.06. The number of carbonyl (C=O) groups is 1. The van der Waals surface area contributed by atoms with Gasteiger partial charge in [-0.25, -0.2) is 4.98 Å². The van der Waals surface area contributed by atoms with Crippen molar-refractivity contribution < 1.29 is 4.79 Å². The highest BCUT2D eigenvalue weighted by Crippen LogP contribution is 2.14. The number of amides is 1. The van der Waals surface area contributed by atoms with Gasteiger partial charge in [0, 0.05) is 37.4 Å². The van der Waals surface area contributed by atoms with Crippen molar-refractivity contribution in [2.75, 3.05) is 6.54 Å². The van der Waals surface area contributed by atoms with Crippen LogP contribution in [-0.4, -0.2) is 26.9 Å². The van der Waals surface area contributed by atoms with Gasteiger partial charge >= 0.3 is 0 Å². The molecule has 118 valence electrons. The molecule has 0 spiro atoms. The van der Waals surface area contributed by atoms with Crippen LogP contribution in [0.25, 0.3) is 0 Å². The summed E-state index contributed by atoms with van der Waals surface area (Å²) in [6, 6.07) is 7.78. The SMILES string of the molecule is CC(=O)N(Cc1nccn1Cc1cccc(Cl)c1)CC(C)C. The average Bonchev–Trinajstić information content (AvgIpc) is 2.84. The number of aromatic nitrogens is 2. The number of hydrogen-bond acceptors (Lipinski definition) is 2. The number of nitrogens with zero attached hydrogens (tertiary/aromatic N) is 3. The van der Waals surface area contributed by atoms with Gasteiger partial charge in [0.05, 0.1) is 6.54 Å². The molecule has 0 N–H and O–H groups in total. The quantitative estimate of drug-likeness (QED) is 0.816. The molecule has 0 saturated heterocycles. The summed E-state index contributed by atoms with van der Waals surface area (Å²) in [5, 5.41) is 0.726. The first kappa shape index (κ1) is 16.6.